The first-order valence-electron chi connectivity index (χ1n) is 7.35. The Labute approximate surface area is 131 Å². The molecule has 0 spiro atoms. The number of amides is 1. The molecule has 8 heteroatoms. The quantitative estimate of drug-likeness (QED) is 0.921. The lowest BCUT2D eigenvalue weighted by Gasteiger charge is -2.35. The van der Waals surface area contributed by atoms with Gasteiger partial charge < -0.3 is 10.0 Å². The van der Waals surface area contributed by atoms with Gasteiger partial charge in [-0.25, -0.2) is 0 Å². The number of carboxylic acid groups (broad SMARTS) is 1. The molecule has 1 unspecified atom stereocenters. The number of hydrogen-bond donors (Lipinski definition) is 1. The highest BCUT2D eigenvalue weighted by Gasteiger charge is 2.33. The lowest BCUT2D eigenvalue weighted by Crippen LogP contribution is -2.44. The SMILES string of the molecule is O=C(O)CCC1CCCCN1C(=O)c1ccc(C(F)(F)F)nc1. The Kier molecular flexibility index (Phi) is 5.23. The molecule has 1 fully saturated rings. The summed E-state index contributed by atoms with van der Waals surface area (Å²) < 4.78 is 37.5. The Morgan fingerprint density at radius 1 is 1.30 bits per heavy atom. The highest BCUT2D eigenvalue weighted by molar-refractivity contribution is 5.94. The van der Waals surface area contributed by atoms with Crippen LogP contribution in [0.1, 0.15) is 48.2 Å². The zero-order chi connectivity index (χ0) is 17.0. The summed E-state index contributed by atoms with van der Waals surface area (Å²) in [6.45, 7) is 0.476. The average molecular weight is 330 g/mol. The van der Waals surface area contributed by atoms with Gasteiger partial charge in [0.15, 0.2) is 0 Å². The van der Waals surface area contributed by atoms with Crippen molar-refractivity contribution in [2.24, 2.45) is 0 Å². The van der Waals surface area contributed by atoms with Crippen LogP contribution in [0.3, 0.4) is 0 Å². The number of carbonyl (C=O) groups is 2. The number of carboxylic acids is 1. The van der Waals surface area contributed by atoms with Crippen molar-refractivity contribution in [1.29, 1.82) is 0 Å². The fraction of sp³-hybridized carbons (Fsp3) is 0.533. The van der Waals surface area contributed by atoms with Crippen molar-refractivity contribution in [3.05, 3.63) is 29.6 Å². The number of aliphatic carboxylic acids is 1. The summed E-state index contributed by atoms with van der Waals surface area (Å²) in [5, 5.41) is 8.77. The maximum Gasteiger partial charge on any atom is 0.433 e. The van der Waals surface area contributed by atoms with E-state index in [-0.39, 0.29) is 18.0 Å². The van der Waals surface area contributed by atoms with Crippen molar-refractivity contribution in [3.63, 3.8) is 0 Å². The molecule has 1 atom stereocenters. The second kappa shape index (κ2) is 6.97. The number of pyridine rings is 1. The van der Waals surface area contributed by atoms with Crippen LogP contribution in [0.4, 0.5) is 13.2 Å². The van der Waals surface area contributed by atoms with Gasteiger partial charge in [-0.1, -0.05) is 0 Å². The second-order valence-corrected chi connectivity index (χ2v) is 5.51. The molecule has 2 rings (SSSR count). The minimum absolute atomic E-state index is 0.0420. The number of halogens is 3. The van der Waals surface area contributed by atoms with Crippen molar-refractivity contribution >= 4 is 11.9 Å². The highest BCUT2D eigenvalue weighted by Crippen LogP contribution is 2.28. The normalized spacial score (nSPS) is 18.7. The monoisotopic (exact) mass is 330 g/mol. The smallest absolute Gasteiger partial charge is 0.433 e. The van der Waals surface area contributed by atoms with E-state index in [0.29, 0.717) is 19.4 Å². The Hall–Kier alpha value is -2.12. The zero-order valence-corrected chi connectivity index (χ0v) is 12.3. The van der Waals surface area contributed by atoms with E-state index < -0.39 is 23.7 Å². The molecule has 1 saturated heterocycles. The van der Waals surface area contributed by atoms with E-state index in [0.717, 1.165) is 31.2 Å². The van der Waals surface area contributed by atoms with Crippen LogP contribution in [0.5, 0.6) is 0 Å². The molecule has 5 nitrogen and oxygen atoms in total. The van der Waals surface area contributed by atoms with Crippen molar-refractivity contribution < 1.29 is 27.9 Å². The van der Waals surface area contributed by atoms with Gasteiger partial charge >= 0.3 is 12.1 Å². The molecule has 0 saturated carbocycles. The zero-order valence-electron chi connectivity index (χ0n) is 12.3. The number of piperidine rings is 1. The van der Waals surface area contributed by atoms with Crippen molar-refractivity contribution in [2.45, 2.75) is 44.3 Å². The van der Waals surface area contributed by atoms with Gasteiger partial charge in [0, 0.05) is 25.2 Å². The fourth-order valence-electron chi connectivity index (χ4n) is 2.71. The molecule has 23 heavy (non-hydrogen) atoms. The molecule has 1 aliphatic rings. The Morgan fingerprint density at radius 2 is 2.04 bits per heavy atom. The van der Waals surface area contributed by atoms with Gasteiger partial charge in [0.2, 0.25) is 0 Å². The first kappa shape index (κ1) is 17.2. The predicted molar refractivity (Wildman–Crippen MR) is 74.8 cm³/mol. The number of hydrogen-bond acceptors (Lipinski definition) is 3. The van der Waals surface area contributed by atoms with Crippen LogP contribution in [0, 0.1) is 0 Å². The number of nitrogens with zero attached hydrogens (tertiary/aromatic N) is 2. The van der Waals surface area contributed by atoms with Gasteiger partial charge in [0.05, 0.1) is 5.56 Å². The minimum atomic E-state index is -4.54. The van der Waals surface area contributed by atoms with Crippen LogP contribution < -0.4 is 0 Å². The summed E-state index contributed by atoms with van der Waals surface area (Å²) in [4.78, 5) is 28.0. The predicted octanol–water partition coefficient (Wildman–Crippen LogP) is 2.96. The molecule has 2 heterocycles. The van der Waals surface area contributed by atoms with Gasteiger partial charge in [0.1, 0.15) is 5.69 Å². The summed E-state index contributed by atoms with van der Waals surface area (Å²) in [5.74, 6) is -1.33. The molecule has 126 valence electrons. The largest absolute Gasteiger partial charge is 0.481 e. The summed E-state index contributed by atoms with van der Waals surface area (Å²) >= 11 is 0. The van der Waals surface area contributed by atoms with Gasteiger partial charge in [0.25, 0.3) is 5.91 Å². The molecule has 1 aliphatic heterocycles. The van der Waals surface area contributed by atoms with Crippen LogP contribution >= 0.6 is 0 Å². The molecule has 1 amide bonds. The van der Waals surface area contributed by atoms with Crippen LogP contribution in [-0.2, 0) is 11.0 Å². The lowest BCUT2D eigenvalue weighted by molar-refractivity contribution is -0.141. The van der Waals surface area contributed by atoms with Crippen molar-refractivity contribution in [2.75, 3.05) is 6.54 Å². The topological polar surface area (TPSA) is 70.5 Å². The van der Waals surface area contributed by atoms with Crippen molar-refractivity contribution in [3.8, 4) is 0 Å². The third-order valence-electron chi connectivity index (χ3n) is 3.88. The fourth-order valence-corrected chi connectivity index (χ4v) is 2.71. The summed E-state index contributed by atoms with van der Waals surface area (Å²) in [6, 6.07) is 1.69. The number of likely N-dealkylation sites (tertiary alicyclic amines) is 1. The number of alkyl halides is 3. The van der Waals surface area contributed by atoms with Gasteiger partial charge in [-0.05, 0) is 37.8 Å². The maximum atomic E-state index is 12.5. The Bertz CT molecular complexity index is 572. The lowest BCUT2D eigenvalue weighted by atomic mass is 9.97. The number of carbonyl (C=O) groups excluding carboxylic acids is 1. The second-order valence-electron chi connectivity index (χ2n) is 5.51. The number of aromatic nitrogens is 1. The van der Waals surface area contributed by atoms with E-state index in [1.54, 1.807) is 4.90 Å². The van der Waals surface area contributed by atoms with Crippen LogP contribution in [0.2, 0.25) is 0 Å². The molecule has 0 aromatic carbocycles. The standard InChI is InChI=1S/C15H17F3N2O3/c16-15(17,18)12-6-4-10(9-19-12)14(23)20-8-2-1-3-11(20)5-7-13(21)22/h4,6,9,11H,1-3,5,7-8H2,(H,21,22). The van der Waals surface area contributed by atoms with Gasteiger partial charge in [-0.3, -0.25) is 14.6 Å². The Balaban J connectivity index is 2.11. The summed E-state index contributed by atoms with van der Waals surface area (Å²) in [5.41, 5.74) is -0.963. The summed E-state index contributed by atoms with van der Waals surface area (Å²) in [6.07, 6.45) is -0.921. The first-order chi connectivity index (χ1) is 10.8. The molecular weight excluding hydrogens is 313 g/mol. The Morgan fingerprint density at radius 3 is 2.61 bits per heavy atom. The van der Waals surface area contributed by atoms with Crippen LogP contribution in [0.25, 0.3) is 0 Å². The number of rotatable bonds is 4. The minimum Gasteiger partial charge on any atom is -0.481 e. The van der Waals surface area contributed by atoms with E-state index in [4.69, 9.17) is 5.11 Å². The highest BCUT2D eigenvalue weighted by atomic mass is 19.4. The van der Waals surface area contributed by atoms with Crippen molar-refractivity contribution in [1.82, 2.24) is 9.88 Å². The first-order valence-corrected chi connectivity index (χ1v) is 7.35. The van der Waals surface area contributed by atoms with Gasteiger partial charge in [-0.15, -0.1) is 0 Å². The third-order valence-corrected chi connectivity index (χ3v) is 3.88. The molecule has 0 aliphatic carbocycles. The van der Waals surface area contributed by atoms with Crippen LogP contribution in [0.15, 0.2) is 18.3 Å². The van der Waals surface area contributed by atoms with E-state index in [2.05, 4.69) is 4.98 Å². The average Bonchev–Trinajstić information content (AvgIpc) is 2.52. The molecular formula is C15H17F3N2O3. The van der Waals surface area contributed by atoms with Crippen LogP contribution in [-0.4, -0.2) is 39.5 Å². The van der Waals surface area contributed by atoms with E-state index in [1.807, 2.05) is 0 Å². The maximum absolute atomic E-state index is 12.5. The third kappa shape index (κ3) is 4.43. The van der Waals surface area contributed by atoms with E-state index in [1.165, 1.54) is 0 Å². The van der Waals surface area contributed by atoms with E-state index in [9.17, 15) is 22.8 Å². The molecule has 1 N–H and O–H groups in total. The molecule has 0 radical (unpaired) electrons. The molecule has 0 bridgehead atoms. The summed E-state index contributed by atoms with van der Waals surface area (Å²) in [7, 11) is 0. The van der Waals surface area contributed by atoms with Gasteiger partial charge in [-0.2, -0.15) is 13.2 Å². The molecule has 1 aromatic heterocycles. The van der Waals surface area contributed by atoms with E-state index >= 15 is 0 Å². The molecule has 1 aromatic rings.